The van der Waals surface area contributed by atoms with Gasteiger partial charge in [0.05, 0.1) is 64.0 Å². The highest BCUT2D eigenvalue weighted by molar-refractivity contribution is 5.97. The third-order valence-corrected chi connectivity index (χ3v) is 28.7. The Morgan fingerprint density at radius 2 is 0.517 bits per heavy atom. The van der Waals surface area contributed by atoms with Crippen LogP contribution in [0.15, 0.2) is 455 Å². The van der Waals surface area contributed by atoms with Gasteiger partial charge < -0.3 is 0 Å². The molecule has 0 fully saturated rings. The maximum atomic E-state index is 9.59. The van der Waals surface area contributed by atoms with Crippen molar-refractivity contribution in [1.29, 1.82) is 10.5 Å². The number of fused-ring (bicyclic) bond motifs is 11. The Kier molecular flexibility index (Phi) is 22.7. The van der Waals surface area contributed by atoms with Crippen molar-refractivity contribution in [2.45, 2.75) is 57.8 Å². The van der Waals surface area contributed by atoms with Gasteiger partial charge in [0, 0.05) is 66.3 Å². The van der Waals surface area contributed by atoms with Gasteiger partial charge in [-0.05, 0) is 247 Å². The molecule has 143 heavy (non-hydrogen) atoms. The van der Waals surface area contributed by atoms with E-state index >= 15 is 0 Å². The van der Waals surface area contributed by atoms with Crippen molar-refractivity contribution >= 4 is 27.2 Å². The first-order valence-corrected chi connectivity index (χ1v) is 48.4. The van der Waals surface area contributed by atoms with E-state index in [1.165, 1.54) is 88.5 Å². The first-order chi connectivity index (χ1) is 69.9. The molecule has 9 nitrogen and oxygen atoms in total. The average Bonchev–Trinajstić information content (AvgIpc) is 1.59. The molecular formula is C134H93N9. The molecule has 0 amide bonds. The molecule has 0 bridgehead atoms. The molecule has 0 unspecified atom stereocenters. The van der Waals surface area contributed by atoms with Gasteiger partial charge in [0.15, 0.2) is 23.2 Å². The van der Waals surface area contributed by atoms with Crippen molar-refractivity contribution in [3.8, 4) is 203 Å². The summed E-state index contributed by atoms with van der Waals surface area (Å²) in [7, 11) is 0. The second kappa shape index (κ2) is 36.7. The van der Waals surface area contributed by atoms with Gasteiger partial charge in [0.25, 0.3) is 0 Å². The Hall–Kier alpha value is -18.6. The Labute approximate surface area is 833 Å². The molecule has 22 aromatic rings. The highest BCUT2D eigenvalue weighted by atomic mass is 14.9. The smallest absolute Gasteiger partial charge is 0.187 e. The van der Waals surface area contributed by atoms with E-state index in [0.717, 1.165) is 140 Å². The quantitative estimate of drug-likeness (QED) is 0.0985. The highest BCUT2D eigenvalue weighted by Gasteiger charge is 2.40. The molecule has 0 atom stereocenters. The first kappa shape index (κ1) is 88.4. The minimum atomic E-state index is -0.182. The Morgan fingerprint density at radius 1 is 0.196 bits per heavy atom. The third kappa shape index (κ3) is 16.9. The molecule has 0 aliphatic heterocycles. The van der Waals surface area contributed by atoms with Crippen LogP contribution in [0.5, 0.6) is 0 Å². The number of hydrogen-bond acceptors (Lipinski definition) is 8. The van der Waals surface area contributed by atoms with Crippen molar-refractivity contribution in [3.05, 3.63) is 511 Å². The maximum Gasteiger partial charge on any atom is 0.187 e. The summed E-state index contributed by atoms with van der Waals surface area (Å²) in [5, 5.41) is 23.9. The van der Waals surface area contributed by atoms with Gasteiger partial charge in [-0.3, -0.25) is 0 Å². The second-order valence-corrected chi connectivity index (χ2v) is 38.6. The Morgan fingerprint density at radius 3 is 1.00 bits per heavy atom. The van der Waals surface area contributed by atoms with Gasteiger partial charge in [-0.15, -0.1) is 0 Å². The molecule has 3 aliphatic rings. The molecule has 0 spiro atoms. The summed E-state index contributed by atoms with van der Waals surface area (Å²) in [5.74, 6) is 2.08. The van der Waals surface area contributed by atoms with Gasteiger partial charge in [-0.1, -0.05) is 393 Å². The molecule has 3 aliphatic carbocycles. The van der Waals surface area contributed by atoms with Gasteiger partial charge in [0.1, 0.15) is 0 Å². The van der Waals surface area contributed by atoms with Crippen LogP contribution in [-0.2, 0) is 16.2 Å². The van der Waals surface area contributed by atoms with E-state index in [9.17, 15) is 10.5 Å². The third-order valence-electron chi connectivity index (χ3n) is 28.7. The fraction of sp³-hybridized carbons (Fsp3) is 0.0672. The van der Waals surface area contributed by atoms with Crippen LogP contribution in [0, 0.1) is 29.2 Å². The van der Waals surface area contributed by atoms with Crippen molar-refractivity contribution in [1.82, 2.24) is 29.9 Å². The summed E-state index contributed by atoms with van der Waals surface area (Å²) < 4.78 is 0. The average molecular weight is 1830 g/mol. The lowest BCUT2D eigenvalue weighted by molar-refractivity contribution is 0.660. The Bertz CT molecular complexity index is 8740. The van der Waals surface area contributed by atoms with Crippen LogP contribution >= 0.6 is 0 Å². The van der Waals surface area contributed by atoms with Gasteiger partial charge in [-0.25, -0.2) is 34.7 Å². The number of aromatic nitrogens is 6. The number of hydrogen-bond donors (Lipinski definition) is 0. The lowest BCUT2D eigenvalue weighted by atomic mass is 9.81. The first-order valence-electron chi connectivity index (χ1n) is 48.4. The topological polar surface area (TPSA) is 129 Å². The number of benzene rings is 19. The second-order valence-electron chi connectivity index (χ2n) is 38.6. The fourth-order valence-electron chi connectivity index (χ4n) is 21.1. The molecular weight excluding hydrogens is 1740 g/mol. The molecule has 674 valence electrons. The maximum absolute atomic E-state index is 9.59. The monoisotopic (exact) mass is 1830 g/mol. The minimum Gasteiger partial charge on any atom is -0.238 e. The van der Waals surface area contributed by atoms with Gasteiger partial charge >= 0.3 is 0 Å². The SMILES string of the molecule is CC1(C)c2ccc(-c3cccc(-c4cc(-c5ccc6ccccc6c5)nc(-c5ccc6ccccc6c5)n4)c3)cc2-c2ccc(C#N)cc21.CC1(C)c2ccc(-c3cccc(-c4nc(-c5ccccc5)cc(-c5cc(-c6ccccc6)cc(-c6ccccc6)c5)n4)c3)cc2-c2ccc(C#N)cc21.[C-]#[N+]c1ccc2c(c1)C(C)(C)c1cccc(-c3cccc(-c4cc(-c5ccccc5)nc(-c5ccccc5)n4)c3)c1-2. The molecule has 0 N–H and O–H groups in total. The summed E-state index contributed by atoms with van der Waals surface area (Å²) in [6.45, 7) is 21.0. The van der Waals surface area contributed by atoms with Crippen LogP contribution in [0.2, 0.25) is 0 Å². The van der Waals surface area contributed by atoms with Gasteiger partial charge in [-0.2, -0.15) is 10.5 Å². The lowest BCUT2D eigenvalue weighted by Gasteiger charge is -2.22. The summed E-state index contributed by atoms with van der Waals surface area (Å²) >= 11 is 0. The zero-order valence-electron chi connectivity index (χ0n) is 79.8. The van der Waals surface area contributed by atoms with Crippen LogP contribution < -0.4 is 0 Å². The van der Waals surface area contributed by atoms with Gasteiger partial charge in [0.2, 0.25) is 0 Å². The van der Waals surface area contributed by atoms with E-state index < -0.39 is 0 Å². The molecule has 3 aromatic heterocycles. The lowest BCUT2D eigenvalue weighted by Crippen LogP contribution is -2.15. The molecule has 0 saturated heterocycles. The Balaban J connectivity index is 0.000000120. The van der Waals surface area contributed by atoms with Crippen LogP contribution in [0.4, 0.5) is 5.69 Å². The number of rotatable bonds is 14. The number of nitriles is 2. The normalized spacial score (nSPS) is 12.7. The van der Waals surface area contributed by atoms with Crippen molar-refractivity contribution in [2.24, 2.45) is 0 Å². The molecule has 9 heteroatoms. The van der Waals surface area contributed by atoms with E-state index in [0.29, 0.717) is 34.3 Å². The van der Waals surface area contributed by atoms with E-state index in [4.69, 9.17) is 36.5 Å². The highest BCUT2D eigenvalue weighted by Crippen LogP contribution is 2.56. The van der Waals surface area contributed by atoms with E-state index in [1.54, 1.807) is 0 Å². The molecule has 3 heterocycles. The predicted octanol–water partition coefficient (Wildman–Crippen LogP) is 34.3. The summed E-state index contributed by atoms with van der Waals surface area (Å²) in [6.07, 6.45) is 0. The van der Waals surface area contributed by atoms with E-state index in [2.05, 4.69) is 441 Å². The molecule has 19 aromatic carbocycles. The predicted molar refractivity (Wildman–Crippen MR) is 586 cm³/mol. The van der Waals surface area contributed by atoms with Crippen molar-refractivity contribution in [3.63, 3.8) is 0 Å². The van der Waals surface area contributed by atoms with E-state index in [1.807, 2.05) is 72.8 Å². The van der Waals surface area contributed by atoms with Crippen molar-refractivity contribution < 1.29 is 0 Å². The van der Waals surface area contributed by atoms with Crippen molar-refractivity contribution in [2.75, 3.05) is 0 Å². The molecule has 0 radical (unpaired) electrons. The standard InChI is InChI=1S/C50H35N3.C46H31N3.C38H27N3/c1-50(2)45-24-22-38(30-44(45)43-23-21-33(32-51)25-46(43)50)37-19-12-20-39(26-37)49-52-47(36-17-10-5-11-18-36)31-48(53-49)42-28-40(34-13-6-3-7-14-34)27-41(29-42)35-15-8-4-9-16-35;1-46(2)41-21-19-35(26-40(41)39-20-14-29(28-47)22-42(39)46)34-12-7-13-36(24-34)43-27-44(37-17-15-30-8-3-5-10-32(30)23-37)49-45(48-43)38-18-16-31-9-4-6-11-33(31)25-38;1-38(2)32-19-11-18-30(36(32)31-21-20-29(39-3)23-33(31)38)27-16-10-17-28(22-27)35-24-34(25-12-6-4-7-13-25)40-37(41-35)26-14-8-5-9-15-26/h3-31H,1-2H3;3-27H,1-2H3;4-24H,1-2H3. The zero-order valence-corrected chi connectivity index (χ0v) is 79.8. The molecule has 0 saturated carbocycles. The van der Waals surface area contributed by atoms with Crippen LogP contribution in [0.1, 0.15) is 86.1 Å². The van der Waals surface area contributed by atoms with Crippen LogP contribution in [-0.4, -0.2) is 29.9 Å². The largest absolute Gasteiger partial charge is 0.238 e. The summed E-state index contributed by atoms with van der Waals surface area (Å²) in [5.41, 5.74) is 42.1. The summed E-state index contributed by atoms with van der Waals surface area (Å²) in [4.78, 5) is 34.5. The van der Waals surface area contributed by atoms with Crippen LogP contribution in [0.25, 0.3) is 217 Å². The van der Waals surface area contributed by atoms with E-state index in [-0.39, 0.29) is 16.2 Å². The number of nitrogens with zero attached hydrogens (tertiary/aromatic N) is 9. The zero-order chi connectivity index (χ0) is 97.0. The summed E-state index contributed by atoms with van der Waals surface area (Å²) in [6, 6.07) is 163. The fourth-order valence-corrected chi connectivity index (χ4v) is 21.1. The minimum absolute atomic E-state index is 0.169. The molecule has 25 rings (SSSR count). The van der Waals surface area contributed by atoms with Crippen LogP contribution in [0.3, 0.4) is 0 Å².